The predicted octanol–water partition coefficient (Wildman–Crippen LogP) is 3.12. The minimum absolute atomic E-state index is 0.120. The van der Waals surface area contributed by atoms with E-state index in [-0.39, 0.29) is 6.10 Å². The van der Waals surface area contributed by atoms with Crippen LogP contribution in [0.25, 0.3) is 10.6 Å². The second-order valence-electron chi connectivity index (χ2n) is 4.94. The third-order valence-electron chi connectivity index (χ3n) is 2.97. The van der Waals surface area contributed by atoms with Crippen molar-refractivity contribution in [3.8, 4) is 16.3 Å². The molecule has 0 saturated carbocycles. The summed E-state index contributed by atoms with van der Waals surface area (Å²) in [4.78, 5) is 4.49. The molecule has 4 nitrogen and oxygen atoms in total. The third-order valence-corrected chi connectivity index (χ3v) is 3.98. The Bertz CT molecular complexity index is 539. The number of hydrogen-bond donors (Lipinski definition) is 1. The number of nitrogens with zero attached hydrogens (tertiary/aromatic N) is 1. The van der Waals surface area contributed by atoms with Gasteiger partial charge in [0, 0.05) is 36.8 Å². The molecular formula is C16H22N2O2S. The van der Waals surface area contributed by atoms with Crippen molar-refractivity contribution in [3.63, 3.8) is 0 Å². The first kappa shape index (κ1) is 15.9. The lowest BCUT2D eigenvalue weighted by atomic mass is 10.2. The van der Waals surface area contributed by atoms with E-state index in [9.17, 15) is 0 Å². The summed E-state index contributed by atoms with van der Waals surface area (Å²) >= 11 is 1.66. The highest BCUT2D eigenvalue weighted by Crippen LogP contribution is 2.25. The molecule has 0 spiro atoms. The van der Waals surface area contributed by atoms with E-state index in [1.165, 1.54) is 0 Å². The van der Waals surface area contributed by atoms with Crippen molar-refractivity contribution >= 4 is 11.3 Å². The number of ether oxygens (including phenoxy) is 2. The molecule has 114 valence electrons. The highest BCUT2D eigenvalue weighted by atomic mass is 32.1. The molecule has 0 aliphatic heterocycles. The summed E-state index contributed by atoms with van der Waals surface area (Å²) in [6.07, 6.45) is 0.120. The molecule has 2 aromatic rings. The lowest BCUT2D eigenvalue weighted by molar-refractivity contribution is 0.184. The van der Waals surface area contributed by atoms with E-state index in [1.807, 2.05) is 19.1 Å². The van der Waals surface area contributed by atoms with Gasteiger partial charge in [-0.05, 0) is 38.1 Å². The smallest absolute Gasteiger partial charge is 0.123 e. The Balaban J connectivity index is 1.84. The summed E-state index contributed by atoms with van der Waals surface area (Å²) in [6, 6.07) is 8.10. The van der Waals surface area contributed by atoms with E-state index in [1.54, 1.807) is 18.4 Å². The van der Waals surface area contributed by atoms with Gasteiger partial charge in [0.1, 0.15) is 16.9 Å². The average Bonchev–Trinajstić information content (AvgIpc) is 2.91. The molecule has 0 bridgehead atoms. The number of rotatable bonds is 8. The Labute approximate surface area is 130 Å². The van der Waals surface area contributed by atoms with Gasteiger partial charge in [-0.3, -0.25) is 0 Å². The highest BCUT2D eigenvalue weighted by Gasteiger charge is 2.06. The maximum atomic E-state index is 5.87. The maximum Gasteiger partial charge on any atom is 0.123 e. The summed E-state index contributed by atoms with van der Waals surface area (Å²) < 4.78 is 10.9. The van der Waals surface area contributed by atoms with Gasteiger partial charge in [-0.15, -0.1) is 11.3 Å². The van der Waals surface area contributed by atoms with Gasteiger partial charge < -0.3 is 14.8 Å². The van der Waals surface area contributed by atoms with E-state index in [4.69, 9.17) is 9.47 Å². The molecule has 21 heavy (non-hydrogen) atoms. The van der Waals surface area contributed by atoms with E-state index in [2.05, 4.69) is 34.7 Å². The number of hydrogen-bond acceptors (Lipinski definition) is 5. The molecule has 0 aliphatic carbocycles. The van der Waals surface area contributed by atoms with Crippen molar-refractivity contribution < 1.29 is 9.47 Å². The van der Waals surface area contributed by atoms with Crippen LogP contribution in [0.1, 0.15) is 12.6 Å². The van der Waals surface area contributed by atoms with Crippen LogP contribution in [0.2, 0.25) is 0 Å². The van der Waals surface area contributed by atoms with Crippen molar-refractivity contribution in [2.24, 2.45) is 0 Å². The number of thiazole rings is 1. The topological polar surface area (TPSA) is 43.4 Å². The van der Waals surface area contributed by atoms with E-state index in [0.717, 1.165) is 35.1 Å². The van der Waals surface area contributed by atoms with E-state index >= 15 is 0 Å². The van der Waals surface area contributed by atoms with Crippen LogP contribution >= 0.6 is 11.3 Å². The Morgan fingerprint density at radius 2 is 2.05 bits per heavy atom. The Hall–Kier alpha value is -1.43. The van der Waals surface area contributed by atoms with E-state index < -0.39 is 0 Å². The fraction of sp³-hybridized carbons (Fsp3) is 0.438. The van der Waals surface area contributed by atoms with E-state index in [0.29, 0.717) is 6.61 Å². The molecule has 1 aromatic heterocycles. The van der Waals surface area contributed by atoms with Gasteiger partial charge in [0.05, 0.1) is 6.61 Å². The van der Waals surface area contributed by atoms with Crippen molar-refractivity contribution in [1.29, 1.82) is 0 Å². The molecule has 1 N–H and O–H groups in total. The largest absolute Gasteiger partial charge is 0.489 e. The van der Waals surface area contributed by atoms with Gasteiger partial charge in [-0.1, -0.05) is 0 Å². The van der Waals surface area contributed by atoms with Crippen LogP contribution in [0.15, 0.2) is 29.6 Å². The second-order valence-corrected chi connectivity index (χ2v) is 5.80. The molecule has 1 atom stereocenters. The van der Waals surface area contributed by atoms with Crippen LogP contribution in [0, 0.1) is 6.92 Å². The van der Waals surface area contributed by atoms with Crippen LogP contribution in [0.3, 0.4) is 0 Å². The Morgan fingerprint density at radius 1 is 1.29 bits per heavy atom. The fourth-order valence-corrected chi connectivity index (χ4v) is 2.72. The van der Waals surface area contributed by atoms with Crippen LogP contribution in [0.4, 0.5) is 0 Å². The molecule has 0 saturated heterocycles. The first-order chi connectivity index (χ1) is 10.2. The van der Waals surface area contributed by atoms with Crippen LogP contribution < -0.4 is 10.1 Å². The SMILES string of the molecule is COCCNCC(C)Oc1ccc(-c2nc(C)cs2)cc1. The maximum absolute atomic E-state index is 5.87. The summed E-state index contributed by atoms with van der Waals surface area (Å²) in [6.45, 7) is 6.42. The van der Waals surface area contributed by atoms with Crippen LogP contribution in [-0.4, -0.2) is 37.9 Å². The average molecular weight is 306 g/mol. The lowest BCUT2D eigenvalue weighted by Gasteiger charge is -2.15. The number of aromatic nitrogens is 1. The summed E-state index contributed by atoms with van der Waals surface area (Å²) in [5.41, 5.74) is 2.19. The van der Waals surface area contributed by atoms with Crippen LogP contribution in [0.5, 0.6) is 5.75 Å². The van der Waals surface area contributed by atoms with Crippen molar-refractivity contribution in [2.45, 2.75) is 20.0 Å². The lowest BCUT2D eigenvalue weighted by Crippen LogP contribution is -2.31. The Morgan fingerprint density at radius 3 is 2.67 bits per heavy atom. The van der Waals surface area contributed by atoms with Crippen molar-refractivity contribution in [2.75, 3.05) is 26.8 Å². The zero-order valence-corrected chi connectivity index (χ0v) is 13.6. The molecule has 0 radical (unpaired) electrons. The van der Waals surface area contributed by atoms with Crippen molar-refractivity contribution in [1.82, 2.24) is 10.3 Å². The zero-order valence-electron chi connectivity index (χ0n) is 12.8. The van der Waals surface area contributed by atoms with Gasteiger partial charge in [-0.2, -0.15) is 0 Å². The molecular weight excluding hydrogens is 284 g/mol. The third kappa shape index (κ3) is 5.12. The summed E-state index contributed by atoms with van der Waals surface area (Å²) in [7, 11) is 1.70. The number of nitrogens with one attached hydrogen (secondary N) is 1. The first-order valence-electron chi connectivity index (χ1n) is 7.08. The van der Waals surface area contributed by atoms with Gasteiger partial charge in [0.2, 0.25) is 0 Å². The van der Waals surface area contributed by atoms with Crippen molar-refractivity contribution in [3.05, 3.63) is 35.3 Å². The van der Waals surface area contributed by atoms with Gasteiger partial charge >= 0.3 is 0 Å². The monoisotopic (exact) mass is 306 g/mol. The molecule has 1 heterocycles. The molecule has 1 aromatic carbocycles. The standard InChI is InChI=1S/C16H22N2O2S/c1-12-11-21-16(18-12)14-4-6-15(7-5-14)20-13(2)10-17-8-9-19-3/h4-7,11,13,17H,8-10H2,1-3H3. The van der Waals surface area contributed by atoms with Crippen LogP contribution in [-0.2, 0) is 4.74 Å². The molecule has 0 aliphatic rings. The second kappa shape index (κ2) is 8.12. The molecule has 5 heteroatoms. The Kier molecular flexibility index (Phi) is 6.17. The molecule has 0 fully saturated rings. The quantitative estimate of drug-likeness (QED) is 0.761. The van der Waals surface area contributed by atoms with Gasteiger partial charge in [0.15, 0.2) is 0 Å². The number of methoxy groups -OCH3 is 1. The molecule has 1 unspecified atom stereocenters. The molecule has 0 amide bonds. The zero-order chi connectivity index (χ0) is 15.1. The van der Waals surface area contributed by atoms with Gasteiger partial charge in [-0.25, -0.2) is 4.98 Å². The minimum atomic E-state index is 0.120. The normalized spacial score (nSPS) is 12.3. The predicted molar refractivity (Wildman–Crippen MR) is 87.1 cm³/mol. The summed E-state index contributed by atoms with van der Waals surface area (Å²) in [5, 5.41) is 6.40. The fourth-order valence-electron chi connectivity index (χ4n) is 1.92. The minimum Gasteiger partial charge on any atom is -0.489 e. The first-order valence-corrected chi connectivity index (χ1v) is 7.96. The molecule has 2 rings (SSSR count). The summed E-state index contributed by atoms with van der Waals surface area (Å²) in [5.74, 6) is 0.882. The van der Waals surface area contributed by atoms with Gasteiger partial charge in [0.25, 0.3) is 0 Å². The highest BCUT2D eigenvalue weighted by molar-refractivity contribution is 7.13. The number of aryl methyl sites for hydroxylation is 1. The number of benzene rings is 1.